The zero-order valence-corrected chi connectivity index (χ0v) is 11.2. The molecule has 1 aliphatic heterocycles. The predicted molar refractivity (Wildman–Crippen MR) is 70.2 cm³/mol. The first-order chi connectivity index (χ1) is 10.1. The van der Waals surface area contributed by atoms with Gasteiger partial charge in [-0.2, -0.15) is 8.78 Å². The summed E-state index contributed by atoms with van der Waals surface area (Å²) in [5.74, 6) is 0.0335. The maximum Gasteiger partial charge on any atom is 0.387 e. The molecule has 1 aliphatic carbocycles. The summed E-state index contributed by atoms with van der Waals surface area (Å²) in [5, 5.41) is 2.84. The van der Waals surface area contributed by atoms with Gasteiger partial charge in [-0.25, -0.2) is 0 Å². The number of hydrogen-bond donors (Lipinski definition) is 2. The molecule has 3 N–H and O–H groups in total. The summed E-state index contributed by atoms with van der Waals surface area (Å²) in [7, 11) is 0. The maximum atomic E-state index is 12.1. The quantitative estimate of drug-likeness (QED) is 0.874. The van der Waals surface area contributed by atoms with E-state index in [4.69, 9.17) is 10.5 Å². The maximum absolute atomic E-state index is 12.1. The molecule has 2 fully saturated rings. The highest BCUT2D eigenvalue weighted by Gasteiger charge is 2.52. The third-order valence-corrected chi connectivity index (χ3v) is 4.09. The van der Waals surface area contributed by atoms with Gasteiger partial charge >= 0.3 is 6.61 Å². The zero-order chi connectivity index (χ0) is 15.0. The number of alkyl halides is 2. The average Bonchev–Trinajstić information content (AvgIpc) is 2.89. The molecule has 4 atom stereocenters. The molecular weight excluding hydrogens is 282 g/mol. The summed E-state index contributed by atoms with van der Waals surface area (Å²) in [4.78, 5) is 12.1. The molecule has 0 aromatic heterocycles. The van der Waals surface area contributed by atoms with E-state index in [2.05, 4.69) is 10.1 Å². The Morgan fingerprint density at radius 2 is 2.10 bits per heavy atom. The van der Waals surface area contributed by atoms with Crippen LogP contribution in [0.3, 0.4) is 0 Å². The average molecular weight is 298 g/mol. The topological polar surface area (TPSA) is 73.6 Å². The van der Waals surface area contributed by atoms with Gasteiger partial charge in [0.05, 0.1) is 12.1 Å². The molecule has 1 amide bonds. The largest absolute Gasteiger partial charge is 0.435 e. The molecule has 0 spiro atoms. The summed E-state index contributed by atoms with van der Waals surface area (Å²) >= 11 is 0. The van der Waals surface area contributed by atoms with E-state index in [0.717, 1.165) is 6.42 Å². The van der Waals surface area contributed by atoms with Crippen LogP contribution in [0.1, 0.15) is 16.8 Å². The van der Waals surface area contributed by atoms with E-state index in [1.54, 1.807) is 0 Å². The second kappa shape index (κ2) is 5.57. The fourth-order valence-electron chi connectivity index (χ4n) is 2.95. The van der Waals surface area contributed by atoms with Gasteiger partial charge in [-0.3, -0.25) is 4.79 Å². The van der Waals surface area contributed by atoms with Crippen LogP contribution < -0.4 is 15.8 Å². The molecule has 0 radical (unpaired) electrons. The Labute approximate surface area is 120 Å². The van der Waals surface area contributed by atoms with Crippen molar-refractivity contribution in [3.8, 4) is 5.75 Å². The van der Waals surface area contributed by atoms with Gasteiger partial charge in [0.1, 0.15) is 5.75 Å². The number of hydrogen-bond acceptors (Lipinski definition) is 4. The van der Waals surface area contributed by atoms with Crippen molar-refractivity contribution in [3.05, 3.63) is 29.8 Å². The summed E-state index contributed by atoms with van der Waals surface area (Å²) in [6, 6.07) is 5.24. The van der Waals surface area contributed by atoms with Crippen molar-refractivity contribution < 1.29 is 23.0 Å². The second-order valence-electron chi connectivity index (χ2n) is 5.27. The molecule has 1 saturated carbocycles. The normalized spacial score (nSPS) is 30.7. The first kappa shape index (κ1) is 14.2. The lowest BCUT2D eigenvalue weighted by atomic mass is 9.72. The molecule has 1 heterocycles. The smallest absolute Gasteiger partial charge is 0.387 e. The van der Waals surface area contributed by atoms with Crippen LogP contribution in [0.4, 0.5) is 8.78 Å². The number of nitrogens with two attached hydrogens (primary N) is 1. The molecule has 2 aliphatic rings. The highest BCUT2D eigenvalue weighted by Crippen LogP contribution is 2.37. The first-order valence-corrected chi connectivity index (χ1v) is 6.79. The van der Waals surface area contributed by atoms with E-state index in [1.165, 1.54) is 24.3 Å². The zero-order valence-electron chi connectivity index (χ0n) is 11.2. The van der Waals surface area contributed by atoms with E-state index in [9.17, 15) is 13.6 Å². The molecule has 1 aromatic carbocycles. The van der Waals surface area contributed by atoms with Crippen molar-refractivity contribution in [3.63, 3.8) is 0 Å². The van der Waals surface area contributed by atoms with Gasteiger partial charge in [-0.15, -0.1) is 0 Å². The van der Waals surface area contributed by atoms with Crippen LogP contribution >= 0.6 is 0 Å². The fraction of sp³-hybridized carbons (Fsp3) is 0.500. The Kier molecular flexibility index (Phi) is 3.77. The van der Waals surface area contributed by atoms with Crippen molar-refractivity contribution in [1.29, 1.82) is 0 Å². The van der Waals surface area contributed by atoms with Crippen LogP contribution in [0.2, 0.25) is 0 Å². The molecule has 1 saturated heterocycles. The van der Waals surface area contributed by atoms with Crippen LogP contribution in [-0.4, -0.2) is 37.3 Å². The third kappa shape index (κ3) is 2.71. The lowest BCUT2D eigenvalue weighted by molar-refractivity contribution is -0.0498. The van der Waals surface area contributed by atoms with Crippen LogP contribution in [0.5, 0.6) is 5.75 Å². The number of fused-ring (bicyclic) bond motifs is 1. The summed E-state index contributed by atoms with van der Waals surface area (Å²) < 4.78 is 33.9. The lowest BCUT2D eigenvalue weighted by Gasteiger charge is -2.45. The van der Waals surface area contributed by atoms with E-state index < -0.39 is 6.61 Å². The third-order valence-electron chi connectivity index (χ3n) is 4.09. The number of carbonyl (C=O) groups is 1. The molecule has 3 rings (SSSR count). The number of ether oxygens (including phenoxy) is 2. The first-order valence-electron chi connectivity index (χ1n) is 6.79. The molecule has 7 heteroatoms. The number of halogens is 2. The van der Waals surface area contributed by atoms with Gasteiger partial charge in [0.25, 0.3) is 5.91 Å². The van der Waals surface area contributed by atoms with E-state index in [1.807, 2.05) is 0 Å². The Hall–Kier alpha value is -1.73. The molecule has 1 aromatic rings. The Balaban J connectivity index is 1.60. The van der Waals surface area contributed by atoms with Crippen LogP contribution in [0.15, 0.2) is 24.3 Å². The van der Waals surface area contributed by atoms with Crippen molar-refractivity contribution in [1.82, 2.24) is 5.32 Å². The number of amides is 1. The number of rotatable bonds is 4. The van der Waals surface area contributed by atoms with Crippen LogP contribution in [0.25, 0.3) is 0 Å². The Bertz CT molecular complexity index is 523. The Morgan fingerprint density at radius 1 is 1.38 bits per heavy atom. The van der Waals surface area contributed by atoms with Gasteiger partial charge in [-0.05, 0) is 30.7 Å². The molecule has 114 valence electrons. The predicted octanol–water partition coefficient (Wildman–Crippen LogP) is 1.13. The fourth-order valence-corrected chi connectivity index (χ4v) is 2.95. The number of benzene rings is 1. The summed E-state index contributed by atoms with van der Waals surface area (Å²) in [6.07, 6.45) is 0.920. The SMILES string of the molecule is NC1C2CCOC2C1NC(=O)c1ccc(OC(F)F)cc1. The van der Waals surface area contributed by atoms with E-state index >= 15 is 0 Å². The van der Waals surface area contributed by atoms with Crippen LogP contribution in [-0.2, 0) is 4.74 Å². The standard InChI is InChI=1S/C14H16F2N2O3/c15-14(16)21-8-3-1-7(2-4-8)13(19)18-11-10(17)9-5-6-20-12(9)11/h1-4,9-12,14H,5-6,17H2,(H,18,19). The minimum atomic E-state index is -2.88. The van der Waals surface area contributed by atoms with Crippen molar-refractivity contribution in [2.24, 2.45) is 11.7 Å². The minimum absolute atomic E-state index is 0.00890. The van der Waals surface area contributed by atoms with Gasteiger partial charge in [0.15, 0.2) is 0 Å². The molecule has 4 unspecified atom stereocenters. The highest BCUT2D eigenvalue weighted by atomic mass is 19.3. The van der Waals surface area contributed by atoms with Gasteiger partial charge in [0, 0.05) is 24.1 Å². The van der Waals surface area contributed by atoms with Gasteiger partial charge in [-0.1, -0.05) is 0 Å². The molecule has 21 heavy (non-hydrogen) atoms. The van der Waals surface area contributed by atoms with Crippen molar-refractivity contribution >= 4 is 5.91 Å². The van der Waals surface area contributed by atoms with Crippen molar-refractivity contribution in [2.75, 3.05) is 6.61 Å². The Morgan fingerprint density at radius 3 is 2.76 bits per heavy atom. The minimum Gasteiger partial charge on any atom is -0.435 e. The monoisotopic (exact) mass is 298 g/mol. The van der Waals surface area contributed by atoms with E-state index in [0.29, 0.717) is 18.1 Å². The summed E-state index contributed by atoms with van der Waals surface area (Å²) in [5.41, 5.74) is 6.38. The number of carbonyl (C=O) groups excluding carboxylic acids is 1. The molecule has 5 nitrogen and oxygen atoms in total. The van der Waals surface area contributed by atoms with E-state index in [-0.39, 0.29) is 29.8 Å². The molecule has 0 bridgehead atoms. The number of nitrogens with one attached hydrogen (secondary N) is 1. The van der Waals surface area contributed by atoms with Gasteiger partial charge < -0.3 is 20.5 Å². The summed E-state index contributed by atoms with van der Waals surface area (Å²) in [6.45, 7) is -2.20. The molecular formula is C14H16F2N2O3. The lowest BCUT2D eigenvalue weighted by Crippen LogP contribution is -2.68. The highest BCUT2D eigenvalue weighted by molar-refractivity contribution is 5.94. The van der Waals surface area contributed by atoms with Crippen molar-refractivity contribution in [2.45, 2.75) is 31.2 Å². The van der Waals surface area contributed by atoms with Gasteiger partial charge in [0.2, 0.25) is 0 Å². The second-order valence-corrected chi connectivity index (χ2v) is 5.27. The van der Waals surface area contributed by atoms with Crippen LogP contribution in [0, 0.1) is 5.92 Å².